The molecular weight excluding hydrogens is 474 g/mol. The Morgan fingerprint density at radius 3 is 2.38 bits per heavy atom. The van der Waals surface area contributed by atoms with E-state index in [-0.39, 0.29) is 48.7 Å². The lowest BCUT2D eigenvalue weighted by molar-refractivity contribution is -0.137. The van der Waals surface area contributed by atoms with Gasteiger partial charge in [-0.15, -0.1) is 0 Å². The van der Waals surface area contributed by atoms with Crippen LogP contribution in [-0.2, 0) is 30.5 Å². The molecule has 1 aromatic carbocycles. The van der Waals surface area contributed by atoms with E-state index in [9.17, 15) is 24.0 Å². The maximum absolute atomic E-state index is 12.9. The number of unbranched alkanes of at least 4 members (excludes halogenated alkanes) is 5. The van der Waals surface area contributed by atoms with E-state index < -0.39 is 11.9 Å². The van der Waals surface area contributed by atoms with Gasteiger partial charge in [-0.2, -0.15) is 0 Å². The number of Topliss-reactive ketones (excluding diaryl/α,β-unsaturated/α-hetero) is 1. The highest BCUT2D eigenvalue weighted by molar-refractivity contribution is 6.06. The first-order valence-electron chi connectivity index (χ1n) is 13.3. The van der Waals surface area contributed by atoms with Crippen LogP contribution < -0.4 is 10.6 Å². The topological polar surface area (TPSA) is 122 Å². The van der Waals surface area contributed by atoms with Gasteiger partial charge >= 0.3 is 0 Å². The van der Waals surface area contributed by atoms with Gasteiger partial charge in [0, 0.05) is 42.6 Å². The number of anilines is 1. The minimum absolute atomic E-state index is 0.107. The van der Waals surface area contributed by atoms with Crippen molar-refractivity contribution in [2.24, 2.45) is 0 Å². The number of carbonyl (C=O) groups is 5. The van der Waals surface area contributed by atoms with Crippen LogP contribution in [0.2, 0.25) is 0 Å². The molecule has 0 saturated carbocycles. The van der Waals surface area contributed by atoms with Crippen LogP contribution in [0.3, 0.4) is 0 Å². The molecule has 2 N–H and O–H groups in total. The van der Waals surface area contributed by atoms with Gasteiger partial charge < -0.3 is 15.0 Å². The lowest BCUT2D eigenvalue weighted by atomic mass is 10.0. The summed E-state index contributed by atoms with van der Waals surface area (Å²) in [5.74, 6) is -1.01. The second kappa shape index (κ2) is 12.9. The minimum atomic E-state index is -0.684. The lowest BCUT2D eigenvalue weighted by Crippen LogP contribution is -2.52. The fourth-order valence-corrected chi connectivity index (χ4v) is 4.60. The van der Waals surface area contributed by atoms with E-state index in [2.05, 4.69) is 10.6 Å². The molecule has 0 aromatic heterocycles. The van der Waals surface area contributed by atoms with Crippen molar-refractivity contribution in [3.8, 4) is 0 Å². The van der Waals surface area contributed by atoms with Crippen LogP contribution in [0.4, 0.5) is 5.69 Å². The van der Waals surface area contributed by atoms with Crippen LogP contribution in [0, 0.1) is 0 Å². The van der Waals surface area contributed by atoms with Gasteiger partial charge in [0.1, 0.15) is 12.6 Å². The third-order valence-corrected chi connectivity index (χ3v) is 6.63. The van der Waals surface area contributed by atoms with Gasteiger partial charge in [-0.05, 0) is 52.2 Å². The number of amides is 4. The Labute approximate surface area is 218 Å². The second-order valence-electron chi connectivity index (χ2n) is 10.8. The summed E-state index contributed by atoms with van der Waals surface area (Å²) >= 11 is 0. The van der Waals surface area contributed by atoms with E-state index in [1.165, 1.54) is 4.90 Å². The molecule has 1 atom stereocenters. The number of ether oxygens (including phenoxy) is 1. The molecule has 1 fully saturated rings. The summed E-state index contributed by atoms with van der Waals surface area (Å²) in [5, 5.41) is 5.23. The molecule has 0 radical (unpaired) electrons. The third-order valence-electron chi connectivity index (χ3n) is 6.63. The van der Waals surface area contributed by atoms with Crippen molar-refractivity contribution in [1.29, 1.82) is 0 Å². The van der Waals surface area contributed by atoms with Gasteiger partial charge in [-0.25, -0.2) is 0 Å². The predicted molar refractivity (Wildman–Crippen MR) is 139 cm³/mol. The van der Waals surface area contributed by atoms with Crippen LogP contribution in [0.25, 0.3) is 0 Å². The van der Waals surface area contributed by atoms with Crippen LogP contribution >= 0.6 is 0 Å². The van der Waals surface area contributed by atoms with Gasteiger partial charge in [-0.1, -0.05) is 31.7 Å². The van der Waals surface area contributed by atoms with Gasteiger partial charge in [0.2, 0.25) is 17.7 Å². The van der Waals surface area contributed by atoms with Gasteiger partial charge in [-0.3, -0.25) is 29.3 Å². The lowest BCUT2D eigenvalue weighted by Gasteiger charge is -2.29. The maximum atomic E-state index is 12.9. The van der Waals surface area contributed by atoms with Crippen molar-refractivity contribution in [1.82, 2.24) is 10.2 Å². The van der Waals surface area contributed by atoms with Gasteiger partial charge in [0.05, 0.1) is 5.60 Å². The number of benzene rings is 1. The molecule has 0 aliphatic carbocycles. The number of rotatable bonds is 13. The number of ketones is 1. The number of nitrogens with zero attached hydrogens (tertiary/aromatic N) is 1. The van der Waals surface area contributed by atoms with Gasteiger partial charge in [0.15, 0.2) is 5.78 Å². The number of fused-ring (bicyclic) bond motifs is 1. The molecule has 2 aliphatic heterocycles. The van der Waals surface area contributed by atoms with Crippen molar-refractivity contribution in [3.05, 3.63) is 29.3 Å². The monoisotopic (exact) mass is 513 g/mol. The molecule has 9 heteroatoms. The van der Waals surface area contributed by atoms with E-state index in [0.717, 1.165) is 38.5 Å². The zero-order chi connectivity index (χ0) is 27.0. The summed E-state index contributed by atoms with van der Waals surface area (Å²) < 4.78 is 5.50. The molecule has 37 heavy (non-hydrogen) atoms. The average Bonchev–Trinajstić information content (AvgIpc) is 3.16. The molecule has 0 spiro atoms. The minimum Gasteiger partial charge on any atom is -0.368 e. The SMILES string of the molecule is CC(C)(C)OCC(=O)CCCCCCCCC(=O)Nc1cccc2c1CN(C1CCC(=O)NC1=O)C2=O. The maximum Gasteiger partial charge on any atom is 0.255 e. The molecule has 0 bridgehead atoms. The molecule has 1 aromatic rings. The molecule has 1 unspecified atom stereocenters. The van der Waals surface area contributed by atoms with E-state index in [1.54, 1.807) is 18.2 Å². The quantitative estimate of drug-likeness (QED) is 0.305. The molecule has 3 rings (SSSR count). The summed E-state index contributed by atoms with van der Waals surface area (Å²) in [4.78, 5) is 62.5. The van der Waals surface area contributed by atoms with Crippen molar-refractivity contribution in [2.45, 2.75) is 103 Å². The zero-order valence-electron chi connectivity index (χ0n) is 22.2. The van der Waals surface area contributed by atoms with Crippen LogP contribution in [0.5, 0.6) is 0 Å². The molecule has 9 nitrogen and oxygen atoms in total. The van der Waals surface area contributed by atoms with Crippen LogP contribution in [-0.4, -0.2) is 52.6 Å². The Bertz CT molecular complexity index is 1030. The summed E-state index contributed by atoms with van der Waals surface area (Å²) in [6, 6.07) is 4.51. The molecule has 202 valence electrons. The fraction of sp³-hybridized carbons (Fsp3) is 0.607. The van der Waals surface area contributed by atoms with Crippen LogP contribution in [0.15, 0.2) is 18.2 Å². The first kappa shape index (κ1) is 28.5. The molecule has 2 heterocycles. The smallest absolute Gasteiger partial charge is 0.255 e. The van der Waals surface area contributed by atoms with Crippen molar-refractivity contribution >= 4 is 35.1 Å². The Morgan fingerprint density at radius 1 is 1.03 bits per heavy atom. The molecular formula is C28H39N3O6. The number of hydrogen-bond acceptors (Lipinski definition) is 6. The Balaban J connectivity index is 1.35. The largest absolute Gasteiger partial charge is 0.368 e. The highest BCUT2D eigenvalue weighted by Crippen LogP contribution is 2.32. The van der Waals surface area contributed by atoms with E-state index in [0.29, 0.717) is 36.1 Å². The second-order valence-corrected chi connectivity index (χ2v) is 10.8. The number of imide groups is 1. The van der Waals surface area contributed by atoms with Crippen LogP contribution in [0.1, 0.15) is 101 Å². The van der Waals surface area contributed by atoms with E-state index in [1.807, 2.05) is 20.8 Å². The predicted octanol–water partition coefficient (Wildman–Crippen LogP) is 3.89. The highest BCUT2D eigenvalue weighted by Gasteiger charge is 2.39. The third kappa shape index (κ3) is 8.49. The fourth-order valence-electron chi connectivity index (χ4n) is 4.60. The summed E-state index contributed by atoms with van der Waals surface area (Å²) in [7, 11) is 0. The Hall–Kier alpha value is -3.07. The molecule has 4 amide bonds. The van der Waals surface area contributed by atoms with Gasteiger partial charge in [0.25, 0.3) is 5.91 Å². The number of carbonyl (C=O) groups excluding carboxylic acids is 5. The first-order chi connectivity index (χ1) is 17.5. The van der Waals surface area contributed by atoms with Crippen molar-refractivity contribution < 1.29 is 28.7 Å². The van der Waals surface area contributed by atoms with E-state index >= 15 is 0 Å². The Morgan fingerprint density at radius 2 is 1.70 bits per heavy atom. The Kier molecular flexibility index (Phi) is 9.97. The first-order valence-corrected chi connectivity index (χ1v) is 13.3. The molecule has 2 aliphatic rings. The average molecular weight is 514 g/mol. The molecule has 1 saturated heterocycles. The highest BCUT2D eigenvalue weighted by atomic mass is 16.5. The summed E-state index contributed by atoms with van der Waals surface area (Å²) in [6.07, 6.45) is 7.01. The zero-order valence-corrected chi connectivity index (χ0v) is 22.2. The standard InChI is InChI=1S/C28H39N3O6/c1-28(2,3)37-18-19(32)11-8-6-4-5-7-9-14-24(33)29-22-13-10-12-20-21(22)17-31(27(20)36)23-15-16-25(34)30-26(23)35/h10,12-13,23H,4-9,11,14-18H2,1-3H3,(H,29,33)(H,30,34,35). The van der Waals surface area contributed by atoms with Crippen molar-refractivity contribution in [3.63, 3.8) is 0 Å². The number of piperidine rings is 1. The summed E-state index contributed by atoms with van der Waals surface area (Å²) in [5.41, 5.74) is 1.47. The number of hydrogen-bond donors (Lipinski definition) is 2. The summed E-state index contributed by atoms with van der Waals surface area (Å²) in [6.45, 7) is 6.21. The van der Waals surface area contributed by atoms with Crippen molar-refractivity contribution in [2.75, 3.05) is 11.9 Å². The number of nitrogens with one attached hydrogen (secondary N) is 2. The normalized spacial score (nSPS) is 17.5. The van der Waals surface area contributed by atoms with E-state index in [4.69, 9.17) is 4.74 Å².